The van der Waals surface area contributed by atoms with Gasteiger partial charge >= 0.3 is 0 Å². The molecule has 2 aliphatic rings. The molecule has 0 spiro atoms. The third kappa shape index (κ3) is 2.01. The molecule has 2 atom stereocenters. The Morgan fingerprint density at radius 3 is 2.85 bits per heavy atom. The van der Waals surface area contributed by atoms with Gasteiger partial charge in [0, 0.05) is 13.1 Å². The Morgan fingerprint density at radius 1 is 1.62 bits per heavy atom. The van der Waals surface area contributed by atoms with E-state index in [-0.39, 0.29) is 11.5 Å². The first kappa shape index (κ1) is 9.77. The number of thiol groups is 1. The van der Waals surface area contributed by atoms with Gasteiger partial charge in [0.1, 0.15) is 0 Å². The molecule has 0 aromatic carbocycles. The highest BCUT2D eigenvalue weighted by atomic mass is 32.1. The largest absolute Gasteiger partial charge is 0.387 e. The van der Waals surface area contributed by atoms with Crippen LogP contribution in [0.15, 0.2) is 0 Å². The second kappa shape index (κ2) is 3.42. The molecule has 0 aromatic rings. The van der Waals surface area contributed by atoms with Crippen LogP contribution in [0.4, 0.5) is 0 Å². The van der Waals surface area contributed by atoms with Crippen molar-refractivity contribution in [2.75, 3.05) is 19.7 Å². The summed E-state index contributed by atoms with van der Waals surface area (Å²) in [6.07, 6.45) is 1.80. The zero-order chi connectivity index (χ0) is 9.47. The fraction of sp³-hybridized carbons (Fsp3) is 1.00. The summed E-state index contributed by atoms with van der Waals surface area (Å²) in [6.45, 7) is 4.53. The van der Waals surface area contributed by atoms with Crippen LogP contribution in [0.3, 0.4) is 0 Å². The number of rotatable bonds is 2. The van der Waals surface area contributed by atoms with Crippen LogP contribution in [0.1, 0.15) is 19.8 Å². The van der Waals surface area contributed by atoms with Crippen LogP contribution < -0.4 is 0 Å². The lowest BCUT2D eigenvalue weighted by Gasteiger charge is -2.37. The van der Waals surface area contributed by atoms with Gasteiger partial charge in [0.05, 0.1) is 23.7 Å². The third-order valence-electron chi connectivity index (χ3n) is 2.99. The average Bonchev–Trinajstić information content (AvgIpc) is 2.85. The monoisotopic (exact) mass is 203 g/mol. The van der Waals surface area contributed by atoms with Crippen LogP contribution in [0.5, 0.6) is 0 Å². The fourth-order valence-electron chi connectivity index (χ4n) is 1.78. The first-order valence-corrected chi connectivity index (χ1v) is 5.39. The Balaban J connectivity index is 1.92. The van der Waals surface area contributed by atoms with Gasteiger partial charge in [0.25, 0.3) is 0 Å². The first-order chi connectivity index (χ1) is 6.12. The molecule has 2 fully saturated rings. The predicted molar refractivity (Wildman–Crippen MR) is 53.9 cm³/mol. The fourth-order valence-corrected chi connectivity index (χ4v) is 1.99. The lowest BCUT2D eigenvalue weighted by Crippen LogP contribution is -2.50. The van der Waals surface area contributed by atoms with Crippen LogP contribution in [-0.4, -0.2) is 46.8 Å². The average molecular weight is 203 g/mol. The normalized spacial score (nSPS) is 35.8. The SMILES string of the molecule is CC(S)N1CCOC(C2(O)CC2)C1. The molecule has 4 heteroatoms. The van der Waals surface area contributed by atoms with E-state index in [2.05, 4.69) is 24.5 Å². The van der Waals surface area contributed by atoms with E-state index < -0.39 is 5.60 Å². The van der Waals surface area contributed by atoms with Crippen molar-refractivity contribution in [1.29, 1.82) is 0 Å². The predicted octanol–water partition coefficient (Wildman–Crippen LogP) is 0.488. The molecule has 2 rings (SSSR count). The van der Waals surface area contributed by atoms with Crippen molar-refractivity contribution < 1.29 is 9.84 Å². The summed E-state index contributed by atoms with van der Waals surface area (Å²) in [5, 5.41) is 10.1. The molecule has 0 aromatic heterocycles. The number of hydrogen-bond acceptors (Lipinski definition) is 4. The van der Waals surface area contributed by atoms with E-state index in [1.165, 1.54) is 0 Å². The van der Waals surface area contributed by atoms with Gasteiger partial charge in [-0.3, -0.25) is 4.90 Å². The number of ether oxygens (including phenoxy) is 1. The van der Waals surface area contributed by atoms with Crippen LogP contribution in [0, 0.1) is 0 Å². The minimum absolute atomic E-state index is 0.0100. The number of morpholine rings is 1. The molecule has 76 valence electrons. The van der Waals surface area contributed by atoms with Crippen molar-refractivity contribution in [3.63, 3.8) is 0 Å². The molecule has 2 unspecified atom stereocenters. The molecule has 0 radical (unpaired) electrons. The Bertz CT molecular complexity index is 194. The van der Waals surface area contributed by atoms with E-state index >= 15 is 0 Å². The molecule has 1 N–H and O–H groups in total. The summed E-state index contributed by atoms with van der Waals surface area (Å²) < 4.78 is 5.56. The van der Waals surface area contributed by atoms with Crippen molar-refractivity contribution in [1.82, 2.24) is 4.90 Å². The van der Waals surface area contributed by atoms with Crippen LogP contribution in [0.2, 0.25) is 0 Å². The first-order valence-electron chi connectivity index (χ1n) is 4.88. The number of aliphatic hydroxyl groups is 1. The molecule has 13 heavy (non-hydrogen) atoms. The number of nitrogens with zero attached hydrogens (tertiary/aromatic N) is 1. The summed E-state index contributed by atoms with van der Waals surface area (Å²) in [6, 6.07) is 0. The maximum absolute atomic E-state index is 9.88. The molecule has 0 amide bonds. The van der Waals surface area contributed by atoms with Gasteiger partial charge in [0.2, 0.25) is 0 Å². The Labute approximate surface area is 84.5 Å². The molecule has 1 saturated heterocycles. The highest BCUT2D eigenvalue weighted by molar-refractivity contribution is 7.80. The van der Waals surface area contributed by atoms with Crippen molar-refractivity contribution in [3.05, 3.63) is 0 Å². The van der Waals surface area contributed by atoms with E-state index in [9.17, 15) is 5.11 Å². The number of hydrogen-bond donors (Lipinski definition) is 2. The second-order valence-corrected chi connectivity index (χ2v) is 4.84. The molecular formula is C9H17NO2S. The van der Waals surface area contributed by atoms with Crippen LogP contribution >= 0.6 is 12.6 Å². The van der Waals surface area contributed by atoms with Gasteiger partial charge in [-0.2, -0.15) is 12.6 Å². The van der Waals surface area contributed by atoms with E-state index in [1.54, 1.807) is 0 Å². The Hall–Kier alpha value is 0.230. The summed E-state index contributed by atoms with van der Waals surface area (Å²) in [7, 11) is 0. The van der Waals surface area contributed by atoms with Gasteiger partial charge in [-0.1, -0.05) is 0 Å². The summed E-state index contributed by atoms with van der Waals surface area (Å²) >= 11 is 4.39. The minimum Gasteiger partial charge on any atom is -0.387 e. The maximum atomic E-state index is 9.88. The zero-order valence-electron chi connectivity index (χ0n) is 7.94. The van der Waals surface area contributed by atoms with Gasteiger partial charge < -0.3 is 9.84 Å². The van der Waals surface area contributed by atoms with E-state index in [0.29, 0.717) is 0 Å². The highest BCUT2D eigenvalue weighted by Crippen LogP contribution is 2.41. The quantitative estimate of drug-likeness (QED) is 0.641. The Morgan fingerprint density at radius 2 is 2.31 bits per heavy atom. The molecule has 1 aliphatic heterocycles. The van der Waals surface area contributed by atoms with E-state index in [0.717, 1.165) is 32.5 Å². The van der Waals surface area contributed by atoms with Gasteiger partial charge in [-0.25, -0.2) is 0 Å². The smallest absolute Gasteiger partial charge is 0.0989 e. The van der Waals surface area contributed by atoms with Crippen molar-refractivity contribution in [2.45, 2.75) is 36.8 Å². The third-order valence-corrected chi connectivity index (χ3v) is 3.31. The summed E-state index contributed by atoms with van der Waals surface area (Å²) in [5.74, 6) is 0. The van der Waals surface area contributed by atoms with Crippen molar-refractivity contribution >= 4 is 12.6 Å². The van der Waals surface area contributed by atoms with Crippen LogP contribution in [0.25, 0.3) is 0 Å². The molecule has 1 heterocycles. The second-order valence-electron chi connectivity index (χ2n) is 4.09. The van der Waals surface area contributed by atoms with Crippen molar-refractivity contribution in [2.24, 2.45) is 0 Å². The molecule has 1 aliphatic carbocycles. The zero-order valence-corrected chi connectivity index (χ0v) is 8.83. The standard InChI is InChI=1S/C9H17NO2S/c1-7(13)10-4-5-12-8(6-10)9(11)2-3-9/h7-8,11,13H,2-6H2,1H3. The lowest BCUT2D eigenvalue weighted by molar-refractivity contribution is -0.101. The lowest BCUT2D eigenvalue weighted by atomic mass is 10.1. The molecular weight excluding hydrogens is 186 g/mol. The summed E-state index contributed by atoms with van der Waals surface area (Å²) in [5.41, 5.74) is -0.513. The Kier molecular flexibility index (Phi) is 2.57. The van der Waals surface area contributed by atoms with E-state index in [4.69, 9.17) is 4.74 Å². The molecule has 1 saturated carbocycles. The van der Waals surface area contributed by atoms with Gasteiger partial charge in [0.15, 0.2) is 0 Å². The summed E-state index contributed by atoms with van der Waals surface area (Å²) in [4.78, 5) is 2.24. The van der Waals surface area contributed by atoms with Crippen molar-refractivity contribution in [3.8, 4) is 0 Å². The maximum Gasteiger partial charge on any atom is 0.0989 e. The topological polar surface area (TPSA) is 32.7 Å². The minimum atomic E-state index is -0.513. The highest BCUT2D eigenvalue weighted by Gasteiger charge is 2.50. The molecule has 0 bridgehead atoms. The van der Waals surface area contributed by atoms with Gasteiger partial charge in [-0.15, -0.1) is 0 Å². The van der Waals surface area contributed by atoms with Gasteiger partial charge in [-0.05, 0) is 19.8 Å². The molecule has 3 nitrogen and oxygen atoms in total. The van der Waals surface area contributed by atoms with E-state index in [1.807, 2.05) is 0 Å². The van der Waals surface area contributed by atoms with Crippen LogP contribution in [-0.2, 0) is 4.74 Å².